The van der Waals surface area contributed by atoms with Gasteiger partial charge in [-0.2, -0.15) is 11.8 Å². The predicted octanol–water partition coefficient (Wildman–Crippen LogP) is 1.37. The average Bonchev–Trinajstić information content (AvgIpc) is 2.31. The first kappa shape index (κ1) is 19.4. The fraction of sp³-hybridized carbons (Fsp3) is 0.909. The lowest BCUT2D eigenvalue weighted by molar-refractivity contribution is -0.134. The third-order valence-electron chi connectivity index (χ3n) is 2.79. The molecule has 0 bridgehead atoms. The van der Waals surface area contributed by atoms with E-state index in [0.717, 1.165) is 12.2 Å². The van der Waals surface area contributed by atoms with Gasteiger partial charge in [-0.3, -0.25) is 4.79 Å². The standard InChI is InChI=1S/C11H24N2O2S.ClH/c1-9(5-6-16-4)13(2)11(14)7-10(8-12)15-3;/h9-10H,5-8,12H2,1-4H3;1H. The Kier molecular flexibility index (Phi) is 12.7. The summed E-state index contributed by atoms with van der Waals surface area (Å²) in [5, 5.41) is 0. The molecule has 0 aromatic rings. The van der Waals surface area contributed by atoms with E-state index < -0.39 is 0 Å². The van der Waals surface area contributed by atoms with Gasteiger partial charge in [-0.1, -0.05) is 0 Å². The van der Waals surface area contributed by atoms with Crippen molar-refractivity contribution in [1.29, 1.82) is 0 Å². The van der Waals surface area contributed by atoms with E-state index in [0.29, 0.717) is 13.0 Å². The Balaban J connectivity index is 0. The molecule has 2 unspecified atom stereocenters. The third kappa shape index (κ3) is 7.86. The monoisotopic (exact) mass is 284 g/mol. The van der Waals surface area contributed by atoms with Crippen LogP contribution in [0.15, 0.2) is 0 Å². The number of halogens is 1. The highest BCUT2D eigenvalue weighted by molar-refractivity contribution is 7.98. The zero-order chi connectivity index (χ0) is 12.6. The van der Waals surface area contributed by atoms with E-state index in [9.17, 15) is 4.79 Å². The van der Waals surface area contributed by atoms with Crippen molar-refractivity contribution >= 4 is 30.1 Å². The van der Waals surface area contributed by atoms with E-state index in [4.69, 9.17) is 10.5 Å². The van der Waals surface area contributed by atoms with Crippen LogP contribution in [-0.2, 0) is 9.53 Å². The van der Waals surface area contributed by atoms with Gasteiger partial charge in [-0.15, -0.1) is 12.4 Å². The van der Waals surface area contributed by atoms with Gasteiger partial charge in [0.05, 0.1) is 12.5 Å². The largest absolute Gasteiger partial charge is 0.380 e. The van der Waals surface area contributed by atoms with Crippen molar-refractivity contribution in [2.45, 2.75) is 31.9 Å². The second-order valence-corrected chi connectivity index (χ2v) is 4.92. The zero-order valence-electron chi connectivity index (χ0n) is 11.1. The quantitative estimate of drug-likeness (QED) is 0.731. The van der Waals surface area contributed by atoms with Crippen molar-refractivity contribution in [3.63, 3.8) is 0 Å². The first-order valence-electron chi connectivity index (χ1n) is 5.54. The molecule has 6 heteroatoms. The van der Waals surface area contributed by atoms with E-state index in [1.165, 1.54) is 0 Å². The van der Waals surface area contributed by atoms with Crippen LogP contribution in [-0.4, -0.2) is 55.7 Å². The number of thioether (sulfide) groups is 1. The molecule has 0 radical (unpaired) electrons. The number of amides is 1. The lowest BCUT2D eigenvalue weighted by atomic mass is 10.2. The Morgan fingerprint density at radius 2 is 2.12 bits per heavy atom. The van der Waals surface area contributed by atoms with Crippen molar-refractivity contribution < 1.29 is 9.53 Å². The second-order valence-electron chi connectivity index (χ2n) is 3.93. The molecule has 0 heterocycles. The first-order chi connectivity index (χ1) is 7.56. The van der Waals surface area contributed by atoms with Crippen LogP contribution in [0.1, 0.15) is 19.8 Å². The second kappa shape index (κ2) is 11.1. The van der Waals surface area contributed by atoms with Crippen LogP contribution in [0.25, 0.3) is 0 Å². The molecule has 0 rings (SSSR count). The molecule has 4 nitrogen and oxygen atoms in total. The number of hydrogen-bond donors (Lipinski definition) is 1. The molecule has 2 atom stereocenters. The average molecular weight is 285 g/mol. The predicted molar refractivity (Wildman–Crippen MR) is 76.9 cm³/mol. The zero-order valence-corrected chi connectivity index (χ0v) is 12.8. The van der Waals surface area contributed by atoms with Gasteiger partial charge in [0.25, 0.3) is 0 Å². The van der Waals surface area contributed by atoms with Gasteiger partial charge in [-0.25, -0.2) is 0 Å². The van der Waals surface area contributed by atoms with Gasteiger partial charge in [0.2, 0.25) is 5.91 Å². The molecular formula is C11H25ClN2O2S. The third-order valence-corrected chi connectivity index (χ3v) is 3.44. The molecule has 104 valence electrons. The number of rotatable bonds is 8. The van der Waals surface area contributed by atoms with Crippen molar-refractivity contribution in [3.05, 3.63) is 0 Å². The molecule has 0 aromatic heterocycles. The maximum Gasteiger partial charge on any atom is 0.225 e. The molecule has 0 spiro atoms. The topological polar surface area (TPSA) is 55.6 Å². The Labute approximate surface area is 115 Å². The van der Waals surface area contributed by atoms with Crippen LogP contribution < -0.4 is 5.73 Å². The lowest BCUT2D eigenvalue weighted by Crippen LogP contribution is -2.38. The molecule has 0 aliphatic heterocycles. The first-order valence-corrected chi connectivity index (χ1v) is 6.93. The van der Waals surface area contributed by atoms with Crippen molar-refractivity contribution in [2.24, 2.45) is 5.73 Å². The summed E-state index contributed by atoms with van der Waals surface area (Å²) in [4.78, 5) is 13.6. The van der Waals surface area contributed by atoms with Crippen molar-refractivity contribution in [1.82, 2.24) is 4.90 Å². The molecule has 1 amide bonds. The van der Waals surface area contributed by atoms with Crippen LogP contribution >= 0.6 is 24.2 Å². The van der Waals surface area contributed by atoms with Crippen LogP contribution in [0.5, 0.6) is 0 Å². The van der Waals surface area contributed by atoms with Gasteiger partial charge in [0.15, 0.2) is 0 Å². The summed E-state index contributed by atoms with van der Waals surface area (Å²) >= 11 is 1.80. The number of nitrogens with zero attached hydrogens (tertiary/aromatic N) is 1. The summed E-state index contributed by atoms with van der Waals surface area (Å²) in [6, 6.07) is 0.273. The van der Waals surface area contributed by atoms with E-state index in [1.54, 1.807) is 23.8 Å². The Morgan fingerprint density at radius 1 is 1.53 bits per heavy atom. The molecule has 0 saturated heterocycles. The van der Waals surface area contributed by atoms with Crippen LogP contribution in [0.4, 0.5) is 0 Å². The normalized spacial score (nSPS) is 13.7. The summed E-state index contributed by atoms with van der Waals surface area (Å²) in [6.45, 7) is 2.45. The van der Waals surface area contributed by atoms with E-state index in [-0.39, 0.29) is 30.5 Å². The number of ether oxygens (including phenoxy) is 1. The Morgan fingerprint density at radius 3 is 2.53 bits per heavy atom. The van der Waals surface area contributed by atoms with Gasteiger partial charge >= 0.3 is 0 Å². The number of hydrogen-bond acceptors (Lipinski definition) is 4. The summed E-state index contributed by atoms with van der Waals surface area (Å²) in [6.07, 6.45) is 3.29. The summed E-state index contributed by atoms with van der Waals surface area (Å²) in [7, 11) is 3.43. The van der Waals surface area contributed by atoms with Crippen molar-refractivity contribution in [3.8, 4) is 0 Å². The van der Waals surface area contributed by atoms with Crippen LogP contribution in [0.2, 0.25) is 0 Å². The number of nitrogens with two attached hydrogens (primary N) is 1. The lowest BCUT2D eigenvalue weighted by Gasteiger charge is -2.26. The molecular weight excluding hydrogens is 260 g/mol. The van der Waals surface area contributed by atoms with Gasteiger partial charge in [0, 0.05) is 26.7 Å². The summed E-state index contributed by atoms with van der Waals surface area (Å²) in [5.41, 5.74) is 5.49. The molecule has 0 fully saturated rings. The SMILES string of the molecule is COC(CN)CC(=O)N(C)C(C)CCSC.Cl. The minimum absolute atomic E-state index is 0. The smallest absolute Gasteiger partial charge is 0.225 e. The van der Waals surface area contributed by atoms with Gasteiger partial charge in [0.1, 0.15) is 0 Å². The minimum Gasteiger partial charge on any atom is -0.380 e. The van der Waals surface area contributed by atoms with Crippen molar-refractivity contribution in [2.75, 3.05) is 32.7 Å². The van der Waals surface area contributed by atoms with Crippen LogP contribution in [0.3, 0.4) is 0 Å². The maximum absolute atomic E-state index is 11.9. The highest BCUT2D eigenvalue weighted by atomic mass is 35.5. The highest BCUT2D eigenvalue weighted by Gasteiger charge is 2.18. The number of methoxy groups -OCH3 is 1. The Bertz CT molecular complexity index is 204. The van der Waals surface area contributed by atoms with E-state index in [1.807, 2.05) is 7.05 Å². The summed E-state index contributed by atoms with van der Waals surface area (Å²) in [5.74, 6) is 1.18. The Hall–Kier alpha value is 0.0300. The molecule has 0 aliphatic carbocycles. The van der Waals surface area contributed by atoms with Crippen LogP contribution in [0, 0.1) is 0 Å². The fourth-order valence-electron chi connectivity index (χ4n) is 1.33. The molecule has 0 aliphatic rings. The maximum atomic E-state index is 11.9. The van der Waals surface area contributed by atoms with E-state index >= 15 is 0 Å². The number of carbonyl (C=O) groups excluding carboxylic acids is 1. The molecule has 0 saturated carbocycles. The summed E-state index contributed by atoms with van der Waals surface area (Å²) < 4.78 is 5.10. The number of carbonyl (C=O) groups is 1. The highest BCUT2D eigenvalue weighted by Crippen LogP contribution is 2.08. The van der Waals surface area contributed by atoms with Gasteiger partial charge in [-0.05, 0) is 25.4 Å². The molecule has 0 aromatic carbocycles. The molecule has 2 N–H and O–H groups in total. The molecule has 17 heavy (non-hydrogen) atoms. The van der Waals surface area contributed by atoms with E-state index in [2.05, 4.69) is 13.2 Å². The minimum atomic E-state index is -0.164. The van der Waals surface area contributed by atoms with Gasteiger partial charge < -0.3 is 15.4 Å². The fourth-order valence-corrected chi connectivity index (χ4v) is 1.91.